The van der Waals surface area contributed by atoms with Crippen LogP contribution < -0.4 is 5.32 Å². The molecular formula is C16H18Cl2N4O. The fourth-order valence-corrected chi connectivity index (χ4v) is 3.20. The van der Waals surface area contributed by atoms with Gasteiger partial charge in [0.25, 0.3) is 5.91 Å². The molecule has 1 aliphatic rings. The average molecular weight is 353 g/mol. The number of rotatable bonds is 3. The molecule has 2 heterocycles. The molecule has 1 amide bonds. The lowest BCUT2D eigenvalue weighted by atomic mass is 10.1. The molecule has 0 saturated carbocycles. The molecule has 2 aromatic rings. The molecule has 5 nitrogen and oxygen atoms in total. The minimum atomic E-state index is -0.204. The van der Waals surface area contributed by atoms with Gasteiger partial charge in [0.05, 0.1) is 10.6 Å². The first kappa shape index (κ1) is 16.3. The summed E-state index contributed by atoms with van der Waals surface area (Å²) in [6.45, 7) is 4.86. The minimum Gasteiger partial charge on any atom is -0.347 e. The molecule has 7 heteroatoms. The first-order valence-electron chi connectivity index (χ1n) is 7.63. The van der Waals surface area contributed by atoms with E-state index in [4.69, 9.17) is 23.2 Å². The normalized spacial score (nSPS) is 17.2. The van der Waals surface area contributed by atoms with Gasteiger partial charge in [0.15, 0.2) is 0 Å². The summed E-state index contributed by atoms with van der Waals surface area (Å²) >= 11 is 12.0. The molecule has 1 N–H and O–H groups in total. The Morgan fingerprint density at radius 3 is 2.87 bits per heavy atom. The van der Waals surface area contributed by atoms with Gasteiger partial charge < -0.3 is 9.88 Å². The Balaban J connectivity index is 1.75. The van der Waals surface area contributed by atoms with Gasteiger partial charge in [0.1, 0.15) is 11.6 Å². The van der Waals surface area contributed by atoms with Gasteiger partial charge in [-0.25, -0.2) is 0 Å². The second kappa shape index (κ2) is 6.49. The van der Waals surface area contributed by atoms with Crippen LogP contribution >= 0.6 is 23.2 Å². The average Bonchev–Trinajstić information content (AvgIpc) is 2.93. The second-order valence-electron chi connectivity index (χ2n) is 6.07. The zero-order valence-electron chi connectivity index (χ0n) is 13.0. The Labute approximate surface area is 145 Å². The van der Waals surface area contributed by atoms with Gasteiger partial charge in [-0.15, -0.1) is 10.2 Å². The fourth-order valence-electron chi connectivity index (χ4n) is 2.83. The van der Waals surface area contributed by atoms with Crippen molar-refractivity contribution in [3.63, 3.8) is 0 Å². The van der Waals surface area contributed by atoms with Crippen LogP contribution in [0.5, 0.6) is 0 Å². The highest BCUT2D eigenvalue weighted by molar-refractivity contribution is 6.35. The number of halogens is 2. The Kier molecular flexibility index (Phi) is 4.60. The fraction of sp³-hybridized carbons (Fsp3) is 0.438. The van der Waals surface area contributed by atoms with Crippen LogP contribution in [-0.2, 0) is 13.0 Å². The van der Waals surface area contributed by atoms with E-state index in [0.717, 1.165) is 24.5 Å². The van der Waals surface area contributed by atoms with E-state index >= 15 is 0 Å². The molecule has 1 aromatic heterocycles. The Hall–Kier alpha value is -1.59. The molecule has 0 spiro atoms. The lowest BCUT2D eigenvalue weighted by molar-refractivity contribution is 0.0927. The molecule has 23 heavy (non-hydrogen) atoms. The summed E-state index contributed by atoms with van der Waals surface area (Å²) in [4.78, 5) is 12.5. The van der Waals surface area contributed by atoms with Gasteiger partial charge in [-0.05, 0) is 24.6 Å². The van der Waals surface area contributed by atoms with Crippen molar-refractivity contribution >= 4 is 29.1 Å². The monoisotopic (exact) mass is 352 g/mol. The van der Waals surface area contributed by atoms with Crippen LogP contribution in [0.3, 0.4) is 0 Å². The third-order valence-corrected chi connectivity index (χ3v) is 4.56. The number of benzene rings is 1. The number of nitrogens with one attached hydrogen (secondary N) is 1. The van der Waals surface area contributed by atoms with Gasteiger partial charge in [0.2, 0.25) is 0 Å². The minimum absolute atomic E-state index is 0.0264. The SMILES string of the molecule is CC(C)c1nnc2n1C[C@H](NC(=O)c1cc(Cl)ccc1Cl)CC2. The van der Waals surface area contributed by atoms with E-state index in [0.29, 0.717) is 28.1 Å². The first-order valence-corrected chi connectivity index (χ1v) is 8.39. The standard InChI is InChI=1S/C16H18Cl2N4O/c1-9(2)15-21-20-14-6-4-11(8-22(14)15)19-16(23)12-7-10(17)3-5-13(12)18/h3,5,7,9,11H,4,6,8H2,1-2H3,(H,19,23)/t11-/m1/s1. The smallest absolute Gasteiger partial charge is 0.253 e. The summed E-state index contributed by atoms with van der Waals surface area (Å²) in [6.07, 6.45) is 1.63. The quantitative estimate of drug-likeness (QED) is 0.919. The lowest BCUT2D eigenvalue weighted by Gasteiger charge is -2.26. The molecule has 1 atom stereocenters. The third-order valence-electron chi connectivity index (χ3n) is 4.00. The molecule has 0 unspecified atom stereocenters. The van der Waals surface area contributed by atoms with Crippen molar-refractivity contribution in [2.45, 2.75) is 45.2 Å². The number of aryl methyl sites for hydroxylation is 1. The molecule has 122 valence electrons. The number of hydrogen-bond donors (Lipinski definition) is 1. The summed E-state index contributed by atoms with van der Waals surface area (Å²) in [5, 5.41) is 12.4. The van der Waals surface area contributed by atoms with Gasteiger partial charge in [-0.2, -0.15) is 0 Å². The van der Waals surface area contributed by atoms with Crippen molar-refractivity contribution in [3.05, 3.63) is 45.5 Å². The topological polar surface area (TPSA) is 59.8 Å². The lowest BCUT2D eigenvalue weighted by Crippen LogP contribution is -2.41. The van der Waals surface area contributed by atoms with E-state index < -0.39 is 0 Å². The molecule has 0 bridgehead atoms. The van der Waals surface area contributed by atoms with Crippen LogP contribution in [0.15, 0.2) is 18.2 Å². The van der Waals surface area contributed by atoms with Crippen LogP contribution in [0.1, 0.15) is 48.2 Å². The predicted molar refractivity (Wildman–Crippen MR) is 90.1 cm³/mol. The summed E-state index contributed by atoms with van der Waals surface area (Å²) in [7, 11) is 0. The molecule has 0 saturated heterocycles. The van der Waals surface area contributed by atoms with E-state index in [1.807, 2.05) is 0 Å². The number of amides is 1. The zero-order chi connectivity index (χ0) is 16.6. The summed E-state index contributed by atoms with van der Waals surface area (Å²) in [6, 6.07) is 4.92. The molecular weight excluding hydrogens is 335 g/mol. The van der Waals surface area contributed by atoms with Crippen molar-refractivity contribution in [2.75, 3.05) is 0 Å². The largest absolute Gasteiger partial charge is 0.347 e. The van der Waals surface area contributed by atoms with Crippen LogP contribution in [0.25, 0.3) is 0 Å². The summed E-state index contributed by atoms with van der Waals surface area (Å²) < 4.78 is 2.11. The highest BCUT2D eigenvalue weighted by Gasteiger charge is 2.25. The van der Waals surface area contributed by atoms with Gasteiger partial charge in [0, 0.05) is 29.9 Å². The van der Waals surface area contributed by atoms with E-state index in [1.165, 1.54) is 0 Å². The first-order chi connectivity index (χ1) is 11.0. The highest BCUT2D eigenvalue weighted by atomic mass is 35.5. The van der Waals surface area contributed by atoms with E-state index in [2.05, 4.69) is 33.9 Å². The Morgan fingerprint density at radius 2 is 2.13 bits per heavy atom. The maximum Gasteiger partial charge on any atom is 0.253 e. The van der Waals surface area contributed by atoms with Crippen LogP contribution in [0.2, 0.25) is 10.0 Å². The summed E-state index contributed by atoms with van der Waals surface area (Å²) in [5.74, 6) is 2.04. The molecule has 0 radical (unpaired) electrons. The zero-order valence-corrected chi connectivity index (χ0v) is 14.5. The van der Waals surface area contributed by atoms with Crippen LogP contribution in [0.4, 0.5) is 0 Å². The summed E-state index contributed by atoms with van der Waals surface area (Å²) in [5.41, 5.74) is 0.401. The maximum atomic E-state index is 12.5. The van der Waals surface area contributed by atoms with Crippen molar-refractivity contribution in [2.24, 2.45) is 0 Å². The number of fused-ring (bicyclic) bond motifs is 1. The van der Waals surface area contributed by atoms with E-state index in [9.17, 15) is 4.79 Å². The number of hydrogen-bond acceptors (Lipinski definition) is 3. The molecule has 1 aliphatic heterocycles. The van der Waals surface area contributed by atoms with E-state index in [1.54, 1.807) is 18.2 Å². The molecule has 0 fully saturated rings. The Morgan fingerprint density at radius 1 is 1.35 bits per heavy atom. The third kappa shape index (κ3) is 3.35. The number of nitrogens with zero attached hydrogens (tertiary/aromatic N) is 3. The predicted octanol–water partition coefficient (Wildman–Crippen LogP) is 3.45. The number of aromatic nitrogens is 3. The van der Waals surface area contributed by atoms with Crippen molar-refractivity contribution < 1.29 is 4.79 Å². The van der Waals surface area contributed by atoms with Crippen molar-refractivity contribution in [3.8, 4) is 0 Å². The van der Waals surface area contributed by atoms with Crippen LogP contribution in [0, 0.1) is 0 Å². The maximum absolute atomic E-state index is 12.5. The second-order valence-corrected chi connectivity index (χ2v) is 6.92. The van der Waals surface area contributed by atoms with Crippen molar-refractivity contribution in [1.82, 2.24) is 20.1 Å². The molecule has 3 rings (SSSR count). The highest BCUT2D eigenvalue weighted by Crippen LogP contribution is 2.23. The molecule has 0 aliphatic carbocycles. The van der Waals surface area contributed by atoms with Crippen molar-refractivity contribution in [1.29, 1.82) is 0 Å². The van der Waals surface area contributed by atoms with Gasteiger partial charge >= 0.3 is 0 Å². The van der Waals surface area contributed by atoms with Crippen LogP contribution in [-0.4, -0.2) is 26.7 Å². The Bertz CT molecular complexity index is 742. The van der Waals surface area contributed by atoms with Gasteiger partial charge in [-0.1, -0.05) is 37.0 Å². The molecule has 1 aromatic carbocycles. The van der Waals surface area contributed by atoms with E-state index in [-0.39, 0.29) is 11.9 Å². The van der Waals surface area contributed by atoms with Gasteiger partial charge in [-0.3, -0.25) is 4.79 Å². The number of carbonyl (C=O) groups excluding carboxylic acids is 1. The number of carbonyl (C=O) groups is 1.